The van der Waals surface area contributed by atoms with E-state index in [4.69, 9.17) is 4.74 Å². The first-order valence-electron chi connectivity index (χ1n) is 5.13. The van der Waals surface area contributed by atoms with Crippen LogP contribution in [0.25, 0.3) is 0 Å². The van der Waals surface area contributed by atoms with Crippen LogP contribution in [-0.2, 0) is 9.53 Å². The van der Waals surface area contributed by atoms with Gasteiger partial charge in [-0.15, -0.1) is 0 Å². The molecule has 14 heavy (non-hydrogen) atoms. The van der Waals surface area contributed by atoms with E-state index in [-0.39, 0.29) is 16.8 Å². The molecule has 1 heterocycles. The Morgan fingerprint density at radius 3 is 2.79 bits per heavy atom. The van der Waals surface area contributed by atoms with Crippen LogP contribution in [0.4, 0.5) is 0 Å². The number of alkyl halides is 1. The molecule has 1 rings (SSSR count). The van der Waals surface area contributed by atoms with Crippen LogP contribution in [0.3, 0.4) is 0 Å². The van der Waals surface area contributed by atoms with Gasteiger partial charge in [-0.1, -0.05) is 29.8 Å². The van der Waals surface area contributed by atoms with Crippen LogP contribution in [0.15, 0.2) is 0 Å². The molecule has 82 valence electrons. The SMILES string of the molecule is CC(C)C(Br)C(=O)NC1CCCOC1. The van der Waals surface area contributed by atoms with Gasteiger partial charge in [-0.05, 0) is 18.8 Å². The van der Waals surface area contributed by atoms with Crippen LogP contribution in [-0.4, -0.2) is 30.0 Å². The van der Waals surface area contributed by atoms with E-state index in [1.165, 1.54) is 0 Å². The van der Waals surface area contributed by atoms with Crippen molar-refractivity contribution >= 4 is 21.8 Å². The van der Waals surface area contributed by atoms with E-state index >= 15 is 0 Å². The molecule has 2 atom stereocenters. The van der Waals surface area contributed by atoms with Crippen molar-refractivity contribution in [2.45, 2.75) is 37.6 Å². The number of rotatable bonds is 3. The summed E-state index contributed by atoms with van der Waals surface area (Å²) in [6, 6.07) is 0.204. The molecule has 3 nitrogen and oxygen atoms in total. The Morgan fingerprint density at radius 2 is 2.29 bits per heavy atom. The number of nitrogens with one attached hydrogen (secondary N) is 1. The highest BCUT2D eigenvalue weighted by atomic mass is 79.9. The van der Waals surface area contributed by atoms with Gasteiger partial charge in [0, 0.05) is 6.61 Å². The summed E-state index contributed by atoms with van der Waals surface area (Å²) in [5, 5.41) is 2.99. The zero-order valence-electron chi connectivity index (χ0n) is 8.75. The second-order valence-electron chi connectivity index (χ2n) is 4.07. The highest BCUT2D eigenvalue weighted by Gasteiger charge is 2.22. The predicted molar refractivity (Wildman–Crippen MR) is 59.5 cm³/mol. The average Bonchev–Trinajstić information content (AvgIpc) is 2.18. The molecule has 1 aliphatic heterocycles. The molecule has 1 amide bonds. The second-order valence-corrected chi connectivity index (χ2v) is 5.05. The van der Waals surface area contributed by atoms with Crippen LogP contribution in [0.5, 0.6) is 0 Å². The molecule has 0 aromatic carbocycles. The summed E-state index contributed by atoms with van der Waals surface area (Å²) in [5.41, 5.74) is 0. The van der Waals surface area contributed by atoms with Gasteiger partial charge in [0.05, 0.1) is 17.5 Å². The van der Waals surface area contributed by atoms with Crippen molar-refractivity contribution in [2.24, 2.45) is 5.92 Å². The van der Waals surface area contributed by atoms with Gasteiger partial charge < -0.3 is 10.1 Å². The molecule has 0 aromatic heterocycles. The second kappa shape index (κ2) is 5.71. The smallest absolute Gasteiger partial charge is 0.234 e. The maximum absolute atomic E-state index is 11.6. The Balaban J connectivity index is 2.31. The van der Waals surface area contributed by atoms with E-state index in [0.29, 0.717) is 12.5 Å². The summed E-state index contributed by atoms with van der Waals surface area (Å²) in [6.45, 7) is 5.53. The fourth-order valence-electron chi connectivity index (χ4n) is 1.44. The van der Waals surface area contributed by atoms with Gasteiger partial charge in [-0.3, -0.25) is 4.79 Å². The van der Waals surface area contributed by atoms with Gasteiger partial charge in [0.2, 0.25) is 5.91 Å². The highest BCUT2D eigenvalue weighted by molar-refractivity contribution is 9.10. The number of ether oxygens (including phenoxy) is 1. The quantitative estimate of drug-likeness (QED) is 0.788. The third-order valence-corrected chi connectivity index (χ3v) is 3.82. The molecule has 4 heteroatoms. The molecule has 0 spiro atoms. The van der Waals surface area contributed by atoms with Crippen molar-refractivity contribution in [1.82, 2.24) is 5.32 Å². The summed E-state index contributed by atoms with van der Waals surface area (Å²) in [4.78, 5) is 11.5. The van der Waals surface area contributed by atoms with E-state index in [1.54, 1.807) is 0 Å². The Labute approximate surface area is 93.7 Å². The van der Waals surface area contributed by atoms with Gasteiger partial charge in [0.1, 0.15) is 0 Å². The van der Waals surface area contributed by atoms with E-state index in [2.05, 4.69) is 21.2 Å². The molecular weight excluding hydrogens is 246 g/mol. The van der Waals surface area contributed by atoms with E-state index in [9.17, 15) is 4.79 Å². The molecule has 1 aliphatic rings. The molecule has 1 saturated heterocycles. The van der Waals surface area contributed by atoms with Crippen molar-refractivity contribution < 1.29 is 9.53 Å². The summed E-state index contributed by atoms with van der Waals surface area (Å²) < 4.78 is 5.29. The lowest BCUT2D eigenvalue weighted by Gasteiger charge is -2.25. The molecular formula is C10H18BrNO2. The largest absolute Gasteiger partial charge is 0.379 e. The fourth-order valence-corrected chi connectivity index (χ4v) is 1.57. The van der Waals surface area contributed by atoms with Crippen LogP contribution in [0.1, 0.15) is 26.7 Å². The molecule has 1 N–H and O–H groups in total. The zero-order valence-corrected chi connectivity index (χ0v) is 10.3. The van der Waals surface area contributed by atoms with Crippen molar-refractivity contribution in [3.05, 3.63) is 0 Å². The third-order valence-electron chi connectivity index (χ3n) is 2.34. The molecule has 0 aromatic rings. The van der Waals surface area contributed by atoms with Crippen LogP contribution < -0.4 is 5.32 Å². The van der Waals surface area contributed by atoms with E-state index in [1.807, 2.05) is 13.8 Å². The molecule has 1 fully saturated rings. The lowest BCUT2D eigenvalue weighted by Crippen LogP contribution is -2.44. The Hall–Kier alpha value is -0.0900. The summed E-state index contributed by atoms with van der Waals surface area (Å²) in [6.07, 6.45) is 2.07. The summed E-state index contributed by atoms with van der Waals surface area (Å²) in [7, 11) is 0. The monoisotopic (exact) mass is 263 g/mol. The normalized spacial score (nSPS) is 24.7. The zero-order chi connectivity index (χ0) is 10.6. The first kappa shape index (κ1) is 12.0. The van der Waals surface area contributed by atoms with Crippen LogP contribution in [0.2, 0.25) is 0 Å². The number of halogens is 1. The van der Waals surface area contributed by atoms with Gasteiger partial charge in [0.15, 0.2) is 0 Å². The fraction of sp³-hybridized carbons (Fsp3) is 0.900. The molecule has 0 bridgehead atoms. The minimum absolute atomic E-state index is 0.0792. The molecule has 0 radical (unpaired) electrons. The topological polar surface area (TPSA) is 38.3 Å². The van der Waals surface area contributed by atoms with Crippen molar-refractivity contribution in [2.75, 3.05) is 13.2 Å². The van der Waals surface area contributed by atoms with Gasteiger partial charge in [-0.25, -0.2) is 0 Å². The minimum Gasteiger partial charge on any atom is -0.379 e. The maximum Gasteiger partial charge on any atom is 0.234 e. The standard InChI is InChI=1S/C10H18BrNO2/c1-7(2)9(11)10(13)12-8-4-3-5-14-6-8/h7-9H,3-6H2,1-2H3,(H,12,13). The Bertz CT molecular complexity index is 191. The lowest BCUT2D eigenvalue weighted by atomic mass is 10.1. The van der Waals surface area contributed by atoms with Gasteiger partial charge >= 0.3 is 0 Å². The van der Waals surface area contributed by atoms with Gasteiger partial charge in [0.25, 0.3) is 0 Å². The highest BCUT2D eigenvalue weighted by Crippen LogP contribution is 2.13. The summed E-state index contributed by atoms with van der Waals surface area (Å²) in [5.74, 6) is 0.398. The number of hydrogen-bond acceptors (Lipinski definition) is 2. The van der Waals surface area contributed by atoms with Crippen molar-refractivity contribution in [3.8, 4) is 0 Å². The maximum atomic E-state index is 11.6. The van der Waals surface area contributed by atoms with Crippen LogP contribution in [0, 0.1) is 5.92 Å². The first-order chi connectivity index (χ1) is 6.61. The Morgan fingerprint density at radius 1 is 1.57 bits per heavy atom. The predicted octanol–water partition coefficient (Wildman–Crippen LogP) is 1.70. The number of carbonyl (C=O) groups is 1. The van der Waals surface area contributed by atoms with Crippen molar-refractivity contribution in [3.63, 3.8) is 0 Å². The third kappa shape index (κ3) is 3.58. The molecule has 0 saturated carbocycles. The van der Waals surface area contributed by atoms with Crippen LogP contribution >= 0.6 is 15.9 Å². The number of amides is 1. The van der Waals surface area contributed by atoms with Gasteiger partial charge in [-0.2, -0.15) is 0 Å². The Kier molecular flexibility index (Phi) is 4.89. The van der Waals surface area contributed by atoms with E-state index < -0.39 is 0 Å². The molecule has 2 unspecified atom stereocenters. The minimum atomic E-state index is -0.0931. The van der Waals surface area contributed by atoms with E-state index in [0.717, 1.165) is 19.4 Å². The van der Waals surface area contributed by atoms with Crippen molar-refractivity contribution in [1.29, 1.82) is 0 Å². The first-order valence-corrected chi connectivity index (χ1v) is 6.05. The number of carbonyl (C=O) groups excluding carboxylic acids is 1. The summed E-state index contributed by atoms with van der Waals surface area (Å²) >= 11 is 3.38. The average molecular weight is 264 g/mol. The lowest BCUT2D eigenvalue weighted by molar-refractivity contribution is -0.122. The number of hydrogen-bond donors (Lipinski definition) is 1. The molecule has 0 aliphatic carbocycles.